The fraction of sp³-hybridized carbons (Fsp3) is 0.286. The molecule has 1 aromatic heterocycles. The van der Waals surface area contributed by atoms with Crippen molar-refractivity contribution in [2.45, 2.75) is 24.2 Å². The first kappa shape index (κ1) is 14.7. The third kappa shape index (κ3) is 2.87. The second kappa shape index (κ2) is 5.53. The molecule has 1 N–H and O–H groups in total. The van der Waals surface area contributed by atoms with Gasteiger partial charge in [-0.05, 0) is 43.5 Å². The van der Waals surface area contributed by atoms with E-state index >= 15 is 0 Å². The Balaban J connectivity index is 1.72. The van der Waals surface area contributed by atoms with E-state index in [0.717, 1.165) is 54.8 Å². The smallest absolute Gasteiger partial charge is 0.242 e. The molecule has 0 unspecified atom stereocenters. The zero-order chi connectivity index (χ0) is 15.7. The summed E-state index contributed by atoms with van der Waals surface area (Å²) in [5.74, 6) is -1.78. The van der Waals surface area contributed by atoms with E-state index in [4.69, 9.17) is 4.52 Å². The number of nitrogens with one attached hydrogen (secondary N) is 1. The van der Waals surface area contributed by atoms with Crippen molar-refractivity contribution in [3.05, 3.63) is 41.3 Å². The minimum absolute atomic E-state index is 0.105. The summed E-state index contributed by atoms with van der Waals surface area (Å²) in [4.78, 5) is 11.8. The van der Waals surface area contributed by atoms with Crippen LogP contribution in [0.25, 0.3) is 0 Å². The molecule has 1 amide bonds. The maximum Gasteiger partial charge on any atom is 0.242 e. The van der Waals surface area contributed by atoms with Crippen molar-refractivity contribution in [1.82, 2.24) is 5.16 Å². The Bertz CT molecular complexity index is 812. The fourth-order valence-electron chi connectivity index (χ4n) is 2.39. The molecule has 1 aromatic carbocycles. The van der Waals surface area contributed by atoms with Gasteiger partial charge in [0.25, 0.3) is 0 Å². The number of sulfone groups is 1. The second-order valence-electron chi connectivity index (χ2n) is 5.05. The quantitative estimate of drug-likeness (QED) is 0.865. The van der Waals surface area contributed by atoms with E-state index in [1.807, 2.05) is 0 Å². The number of hydrogen-bond acceptors (Lipinski definition) is 5. The summed E-state index contributed by atoms with van der Waals surface area (Å²) in [6.45, 7) is 0. The summed E-state index contributed by atoms with van der Waals surface area (Å²) in [6.07, 6.45) is 2.48. The van der Waals surface area contributed by atoms with Gasteiger partial charge in [0, 0.05) is 5.56 Å². The normalized spacial score (nSPS) is 13.9. The third-order valence-corrected chi connectivity index (χ3v) is 5.09. The molecule has 0 saturated carbocycles. The number of nitrogens with zero attached hydrogens (tertiary/aromatic N) is 1. The highest BCUT2D eigenvalue weighted by molar-refractivity contribution is 7.92. The molecule has 0 fully saturated rings. The van der Waals surface area contributed by atoms with Crippen LogP contribution in [-0.2, 0) is 27.5 Å². The predicted octanol–water partition coefficient (Wildman–Crippen LogP) is 1.71. The predicted molar refractivity (Wildman–Crippen MR) is 75.6 cm³/mol. The van der Waals surface area contributed by atoms with Crippen molar-refractivity contribution in [3.8, 4) is 0 Å². The van der Waals surface area contributed by atoms with Crippen molar-refractivity contribution in [1.29, 1.82) is 0 Å². The van der Waals surface area contributed by atoms with Crippen LogP contribution in [-0.4, -0.2) is 25.2 Å². The fourth-order valence-corrected chi connectivity index (χ4v) is 3.52. The Labute approximate surface area is 126 Å². The number of aromatic nitrogens is 1. The lowest BCUT2D eigenvalue weighted by atomic mass is 10.2. The Morgan fingerprint density at radius 1 is 1.27 bits per heavy atom. The van der Waals surface area contributed by atoms with Crippen molar-refractivity contribution in [2.24, 2.45) is 0 Å². The number of fused-ring (bicyclic) bond motifs is 1. The largest absolute Gasteiger partial charge is 0.338 e. The van der Waals surface area contributed by atoms with Gasteiger partial charge in [-0.15, -0.1) is 0 Å². The number of halogens is 1. The summed E-state index contributed by atoms with van der Waals surface area (Å²) in [6, 6.07) is 4.33. The number of anilines is 1. The van der Waals surface area contributed by atoms with E-state index < -0.39 is 27.3 Å². The van der Waals surface area contributed by atoms with Gasteiger partial charge in [0.2, 0.25) is 11.8 Å². The van der Waals surface area contributed by atoms with E-state index in [0.29, 0.717) is 0 Å². The van der Waals surface area contributed by atoms with Gasteiger partial charge in [-0.25, -0.2) is 12.8 Å². The monoisotopic (exact) mass is 324 g/mol. The van der Waals surface area contributed by atoms with Crippen LogP contribution in [0.3, 0.4) is 0 Å². The first-order chi connectivity index (χ1) is 10.5. The van der Waals surface area contributed by atoms with Crippen LogP contribution in [0, 0.1) is 5.82 Å². The maximum atomic E-state index is 12.8. The molecule has 116 valence electrons. The van der Waals surface area contributed by atoms with Crippen LogP contribution in [0.2, 0.25) is 0 Å². The molecule has 1 aliphatic rings. The number of carbonyl (C=O) groups excluding carboxylic acids is 1. The molecule has 22 heavy (non-hydrogen) atoms. The SMILES string of the molecule is O=C(CS(=O)(=O)c1ccc(F)cc1)Nc1onc2c1CCC2. The number of rotatable bonds is 4. The van der Waals surface area contributed by atoms with E-state index in [1.165, 1.54) is 0 Å². The van der Waals surface area contributed by atoms with Crippen molar-refractivity contribution < 1.29 is 22.1 Å². The van der Waals surface area contributed by atoms with E-state index in [2.05, 4.69) is 10.5 Å². The molecular formula is C14H13FN2O4S. The van der Waals surface area contributed by atoms with E-state index in [-0.39, 0.29) is 10.8 Å². The first-order valence-corrected chi connectivity index (χ1v) is 8.36. The molecule has 0 bridgehead atoms. The molecule has 0 aliphatic heterocycles. The Hall–Kier alpha value is -2.22. The summed E-state index contributed by atoms with van der Waals surface area (Å²) in [5.41, 5.74) is 1.63. The highest BCUT2D eigenvalue weighted by Gasteiger charge is 2.25. The Morgan fingerprint density at radius 3 is 2.73 bits per heavy atom. The number of carbonyl (C=O) groups is 1. The number of amides is 1. The lowest BCUT2D eigenvalue weighted by molar-refractivity contribution is -0.114. The van der Waals surface area contributed by atoms with Gasteiger partial charge in [-0.3, -0.25) is 10.1 Å². The Morgan fingerprint density at radius 2 is 2.00 bits per heavy atom. The van der Waals surface area contributed by atoms with Gasteiger partial charge in [0.05, 0.1) is 10.6 Å². The van der Waals surface area contributed by atoms with Crippen molar-refractivity contribution in [2.75, 3.05) is 11.1 Å². The third-order valence-electron chi connectivity index (χ3n) is 3.46. The molecule has 3 rings (SSSR count). The first-order valence-electron chi connectivity index (χ1n) is 6.71. The lowest BCUT2D eigenvalue weighted by Gasteiger charge is -2.05. The van der Waals surface area contributed by atoms with Crippen LogP contribution in [0.4, 0.5) is 10.3 Å². The number of aryl methyl sites for hydroxylation is 1. The van der Waals surface area contributed by atoms with E-state index in [1.54, 1.807) is 0 Å². The standard InChI is InChI=1S/C14H13FN2O4S/c15-9-4-6-10(7-5-9)22(19,20)8-13(18)16-14-11-2-1-3-12(11)17-21-14/h4-7H,1-3,8H2,(H,16,18). The van der Waals surface area contributed by atoms with Crippen LogP contribution in [0.1, 0.15) is 17.7 Å². The van der Waals surface area contributed by atoms with Crippen LogP contribution < -0.4 is 5.32 Å². The lowest BCUT2D eigenvalue weighted by Crippen LogP contribution is -2.23. The minimum Gasteiger partial charge on any atom is -0.338 e. The Kier molecular flexibility index (Phi) is 3.69. The molecule has 0 saturated heterocycles. The molecular weight excluding hydrogens is 311 g/mol. The van der Waals surface area contributed by atoms with Crippen molar-refractivity contribution >= 4 is 21.6 Å². The van der Waals surface area contributed by atoms with Gasteiger partial charge in [-0.2, -0.15) is 0 Å². The van der Waals surface area contributed by atoms with Gasteiger partial charge in [0.15, 0.2) is 9.84 Å². The topological polar surface area (TPSA) is 89.3 Å². The van der Waals surface area contributed by atoms with Gasteiger partial charge >= 0.3 is 0 Å². The molecule has 0 atom stereocenters. The minimum atomic E-state index is -3.83. The van der Waals surface area contributed by atoms with Crippen LogP contribution in [0.5, 0.6) is 0 Å². The molecule has 8 heteroatoms. The summed E-state index contributed by atoms with van der Waals surface area (Å²) < 4.78 is 42.0. The summed E-state index contributed by atoms with van der Waals surface area (Å²) >= 11 is 0. The highest BCUT2D eigenvalue weighted by atomic mass is 32.2. The number of hydrogen-bond donors (Lipinski definition) is 1. The average molecular weight is 324 g/mol. The average Bonchev–Trinajstić information content (AvgIpc) is 3.04. The molecule has 6 nitrogen and oxygen atoms in total. The second-order valence-corrected chi connectivity index (χ2v) is 7.04. The molecule has 0 radical (unpaired) electrons. The van der Waals surface area contributed by atoms with Gasteiger partial charge in [0.1, 0.15) is 11.6 Å². The number of benzene rings is 1. The zero-order valence-electron chi connectivity index (χ0n) is 11.5. The molecule has 1 aliphatic carbocycles. The molecule has 2 aromatic rings. The van der Waals surface area contributed by atoms with Gasteiger partial charge in [-0.1, -0.05) is 5.16 Å². The van der Waals surface area contributed by atoms with Crippen molar-refractivity contribution in [3.63, 3.8) is 0 Å². The van der Waals surface area contributed by atoms with Gasteiger partial charge < -0.3 is 4.52 Å². The van der Waals surface area contributed by atoms with E-state index in [9.17, 15) is 17.6 Å². The summed E-state index contributed by atoms with van der Waals surface area (Å²) in [7, 11) is -3.83. The van der Waals surface area contributed by atoms with Crippen LogP contribution in [0.15, 0.2) is 33.7 Å². The summed E-state index contributed by atoms with van der Waals surface area (Å²) in [5, 5.41) is 6.27. The van der Waals surface area contributed by atoms with Crippen LogP contribution >= 0.6 is 0 Å². The highest BCUT2D eigenvalue weighted by Crippen LogP contribution is 2.28. The maximum absolute atomic E-state index is 12.8. The molecule has 1 heterocycles. The molecule has 0 spiro atoms. The zero-order valence-corrected chi connectivity index (χ0v) is 12.3.